The van der Waals surface area contributed by atoms with E-state index in [1.807, 2.05) is 13.0 Å². The lowest BCUT2D eigenvalue weighted by molar-refractivity contribution is -0.122. The molecule has 0 radical (unpaired) electrons. The van der Waals surface area contributed by atoms with E-state index < -0.39 is 24.4 Å². The van der Waals surface area contributed by atoms with Gasteiger partial charge in [0, 0.05) is 17.1 Å². The molecule has 0 saturated heterocycles. The van der Waals surface area contributed by atoms with Crippen LogP contribution in [0.15, 0.2) is 76.2 Å². The summed E-state index contributed by atoms with van der Waals surface area (Å²) in [5.74, 6) is -0.439. The van der Waals surface area contributed by atoms with Gasteiger partial charge in [-0.2, -0.15) is 0 Å². The minimum absolute atomic E-state index is 0.129. The van der Waals surface area contributed by atoms with Crippen molar-refractivity contribution in [2.24, 2.45) is 4.99 Å². The number of rotatable bonds is 8. The quantitative estimate of drug-likeness (QED) is 0.276. The first-order valence-electron chi connectivity index (χ1n) is 9.88. The van der Waals surface area contributed by atoms with Gasteiger partial charge in [-0.15, -0.1) is 0 Å². The number of aliphatic hydroxyl groups excluding tert-OH is 1. The van der Waals surface area contributed by atoms with Crippen molar-refractivity contribution in [3.8, 4) is 11.5 Å². The molecule has 6 nitrogen and oxygen atoms in total. The van der Waals surface area contributed by atoms with E-state index in [1.54, 1.807) is 48.5 Å². The third-order valence-corrected chi connectivity index (χ3v) is 5.11. The maximum atomic E-state index is 12.4. The summed E-state index contributed by atoms with van der Waals surface area (Å²) in [7, 11) is 0. The van der Waals surface area contributed by atoms with Gasteiger partial charge < -0.3 is 14.9 Å². The van der Waals surface area contributed by atoms with Gasteiger partial charge in [0.15, 0.2) is 5.78 Å². The monoisotopic (exact) mass is 495 g/mol. The number of aliphatic imine (C=N–C) groups is 1. The number of ketones is 1. The van der Waals surface area contributed by atoms with Crippen molar-refractivity contribution in [1.29, 1.82) is 0 Å². The Bertz CT molecular complexity index is 1140. The number of hydrogen-bond acceptors (Lipinski definition) is 6. The van der Waals surface area contributed by atoms with Crippen molar-refractivity contribution in [1.82, 2.24) is 0 Å². The first kappa shape index (κ1) is 23.4. The van der Waals surface area contributed by atoms with Crippen LogP contribution in [0.25, 0.3) is 0 Å². The number of phenols is 1. The van der Waals surface area contributed by atoms with Crippen LogP contribution in [0.3, 0.4) is 0 Å². The zero-order valence-corrected chi connectivity index (χ0v) is 19.0. The van der Waals surface area contributed by atoms with Crippen LogP contribution >= 0.6 is 15.9 Å². The number of halogens is 1. The van der Waals surface area contributed by atoms with Crippen LogP contribution in [0.2, 0.25) is 0 Å². The van der Waals surface area contributed by atoms with Crippen LogP contribution in [-0.2, 0) is 11.2 Å². The van der Waals surface area contributed by atoms with Gasteiger partial charge in [0.2, 0.25) is 0 Å². The fraction of sp³-hybridized carbons (Fsp3) is 0.160. The Balaban J connectivity index is 1.78. The van der Waals surface area contributed by atoms with Crippen molar-refractivity contribution in [3.63, 3.8) is 0 Å². The highest BCUT2D eigenvalue weighted by atomic mass is 79.9. The standard InChI is InChI=1S/C25H22BrNO5/c1-16-3-2-4-19(9-16)25(31)32-22-11-18(10-20(26)13-22)14-27-23(24(30)15-28)12-17-5-7-21(29)8-6-17/h2-11,13-14,23,28-29H,12,15H2,1H3/b27-14-. The van der Waals surface area contributed by atoms with E-state index in [9.17, 15) is 19.8 Å². The molecule has 0 aliphatic carbocycles. The minimum atomic E-state index is -0.790. The Morgan fingerprint density at radius 1 is 1.09 bits per heavy atom. The highest BCUT2D eigenvalue weighted by Crippen LogP contribution is 2.22. The zero-order chi connectivity index (χ0) is 23.1. The molecule has 0 amide bonds. The molecule has 2 N–H and O–H groups in total. The molecule has 0 aliphatic heterocycles. The highest BCUT2D eigenvalue weighted by Gasteiger charge is 2.17. The summed E-state index contributed by atoms with van der Waals surface area (Å²) in [6, 6.07) is 17.9. The van der Waals surface area contributed by atoms with Gasteiger partial charge in [-0.3, -0.25) is 9.79 Å². The van der Waals surface area contributed by atoms with Crippen LogP contribution < -0.4 is 4.74 Å². The summed E-state index contributed by atoms with van der Waals surface area (Å²) < 4.78 is 6.18. The lowest BCUT2D eigenvalue weighted by Crippen LogP contribution is -2.24. The van der Waals surface area contributed by atoms with Crippen LogP contribution in [0.5, 0.6) is 11.5 Å². The molecule has 1 unspecified atom stereocenters. The average Bonchev–Trinajstić information content (AvgIpc) is 2.77. The van der Waals surface area contributed by atoms with Crippen LogP contribution in [0.4, 0.5) is 0 Å². The van der Waals surface area contributed by atoms with Crippen molar-refractivity contribution >= 4 is 33.9 Å². The maximum Gasteiger partial charge on any atom is 0.343 e. The smallest absolute Gasteiger partial charge is 0.343 e. The summed E-state index contributed by atoms with van der Waals surface area (Å²) in [6.45, 7) is 1.27. The van der Waals surface area contributed by atoms with Crippen molar-refractivity contribution < 1.29 is 24.5 Å². The second kappa shape index (κ2) is 10.8. The molecular weight excluding hydrogens is 474 g/mol. The molecule has 32 heavy (non-hydrogen) atoms. The Morgan fingerprint density at radius 3 is 2.53 bits per heavy atom. The summed E-state index contributed by atoms with van der Waals surface area (Å²) in [5.41, 5.74) is 2.82. The summed E-state index contributed by atoms with van der Waals surface area (Å²) in [6.07, 6.45) is 1.78. The van der Waals surface area contributed by atoms with Gasteiger partial charge in [-0.25, -0.2) is 4.79 Å². The molecule has 3 aromatic rings. The number of phenolic OH excluding ortho intramolecular Hbond substituents is 1. The van der Waals surface area contributed by atoms with Crippen molar-refractivity contribution in [2.45, 2.75) is 19.4 Å². The fourth-order valence-electron chi connectivity index (χ4n) is 3.04. The number of aromatic hydroxyl groups is 1. The molecular formula is C25H22BrNO5. The molecule has 0 spiro atoms. The van der Waals surface area contributed by atoms with Gasteiger partial charge in [0.05, 0.1) is 5.56 Å². The van der Waals surface area contributed by atoms with E-state index >= 15 is 0 Å². The highest BCUT2D eigenvalue weighted by molar-refractivity contribution is 9.10. The van der Waals surface area contributed by atoms with E-state index in [2.05, 4.69) is 20.9 Å². The van der Waals surface area contributed by atoms with Crippen LogP contribution in [-0.4, -0.2) is 40.8 Å². The van der Waals surface area contributed by atoms with Crippen molar-refractivity contribution in [3.05, 3.63) is 93.5 Å². The van der Waals surface area contributed by atoms with Crippen molar-refractivity contribution in [2.75, 3.05) is 6.61 Å². The van der Waals surface area contributed by atoms with Crippen LogP contribution in [0.1, 0.15) is 27.0 Å². The van der Waals surface area contributed by atoms with Crippen LogP contribution in [0, 0.1) is 6.92 Å². The maximum absolute atomic E-state index is 12.4. The summed E-state index contributed by atoms with van der Waals surface area (Å²) in [5, 5.41) is 18.7. The van der Waals surface area contributed by atoms with E-state index in [0.717, 1.165) is 11.1 Å². The molecule has 3 aromatic carbocycles. The Labute approximate surface area is 194 Å². The number of ether oxygens (including phenoxy) is 1. The predicted octanol–water partition coefficient (Wildman–Crippen LogP) is 4.27. The van der Waals surface area contributed by atoms with Gasteiger partial charge >= 0.3 is 5.97 Å². The number of hydrogen-bond donors (Lipinski definition) is 2. The third kappa shape index (κ3) is 6.60. The molecule has 0 aromatic heterocycles. The van der Waals surface area contributed by atoms with Gasteiger partial charge in [-0.1, -0.05) is 45.8 Å². The summed E-state index contributed by atoms with van der Waals surface area (Å²) in [4.78, 5) is 29.0. The van der Waals surface area contributed by atoms with E-state index in [1.165, 1.54) is 18.3 Å². The number of carbonyl (C=O) groups is 2. The first-order valence-corrected chi connectivity index (χ1v) is 10.7. The molecule has 164 valence electrons. The number of esters is 1. The molecule has 0 aliphatic rings. The topological polar surface area (TPSA) is 96.2 Å². The number of aliphatic hydroxyl groups is 1. The molecule has 0 heterocycles. The molecule has 0 saturated carbocycles. The molecule has 0 bridgehead atoms. The van der Waals surface area contributed by atoms with Gasteiger partial charge in [0.25, 0.3) is 0 Å². The second-order valence-corrected chi connectivity index (χ2v) is 8.18. The Kier molecular flexibility index (Phi) is 7.92. The SMILES string of the molecule is Cc1cccc(C(=O)Oc2cc(Br)cc(/C=N\C(Cc3ccc(O)cc3)C(=O)CO)c2)c1. The second-order valence-electron chi connectivity index (χ2n) is 7.27. The largest absolute Gasteiger partial charge is 0.508 e. The Hall–Kier alpha value is -3.29. The number of carbonyl (C=O) groups excluding carboxylic acids is 2. The van der Waals surface area contributed by atoms with E-state index in [-0.39, 0.29) is 12.2 Å². The normalized spacial score (nSPS) is 12.0. The zero-order valence-electron chi connectivity index (χ0n) is 17.4. The minimum Gasteiger partial charge on any atom is -0.508 e. The Morgan fingerprint density at radius 2 is 1.84 bits per heavy atom. The first-order chi connectivity index (χ1) is 15.3. The lowest BCUT2D eigenvalue weighted by Gasteiger charge is -2.11. The third-order valence-electron chi connectivity index (χ3n) is 4.65. The van der Waals surface area contributed by atoms with E-state index in [0.29, 0.717) is 21.3 Å². The molecule has 0 fully saturated rings. The number of aryl methyl sites for hydroxylation is 1. The number of Topliss-reactive ketones (excluding diaryl/α,β-unsaturated/α-hetero) is 1. The summed E-state index contributed by atoms with van der Waals surface area (Å²) >= 11 is 3.40. The van der Waals surface area contributed by atoms with Gasteiger partial charge in [-0.05, 0) is 60.5 Å². The molecule has 3 rings (SSSR count). The molecule has 1 atom stereocenters. The van der Waals surface area contributed by atoms with E-state index in [4.69, 9.17) is 4.74 Å². The number of nitrogens with zero attached hydrogens (tertiary/aromatic N) is 1. The number of benzene rings is 3. The van der Waals surface area contributed by atoms with Gasteiger partial charge in [0.1, 0.15) is 24.1 Å². The molecule has 7 heteroatoms. The average molecular weight is 496 g/mol. The fourth-order valence-corrected chi connectivity index (χ4v) is 3.53. The lowest BCUT2D eigenvalue weighted by atomic mass is 10.0. The predicted molar refractivity (Wildman–Crippen MR) is 126 cm³/mol.